The van der Waals surface area contributed by atoms with Crippen LogP contribution in [-0.2, 0) is 12.8 Å². The van der Waals surface area contributed by atoms with Crippen LogP contribution in [0.4, 0.5) is 8.78 Å². The molecule has 20 heavy (non-hydrogen) atoms. The predicted octanol–water partition coefficient (Wildman–Crippen LogP) is 3.04. The summed E-state index contributed by atoms with van der Waals surface area (Å²) in [6.07, 6.45) is 3.55. The molecule has 2 rings (SSSR count). The van der Waals surface area contributed by atoms with E-state index in [1.165, 1.54) is 12.2 Å². The van der Waals surface area contributed by atoms with Crippen molar-refractivity contribution in [3.8, 4) is 0 Å². The fraction of sp³-hybridized carbons (Fsp3) is 0.133. The molecule has 0 atom stereocenters. The van der Waals surface area contributed by atoms with E-state index in [0.29, 0.717) is 29.3 Å². The van der Waals surface area contributed by atoms with Crippen LogP contribution >= 0.6 is 0 Å². The molecule has 0 amide bonds. The molecule has 1 heterocycles. The minimum absolute atomic E-state index is 0.0513. The normalized spacial score (nSPS) is 11.7. The SMILES string of the molecule is O=c1nc2ccccc2c(CC=CF)nc1CC=CF. The highest BCUT2D eigenvalue weighted by Gasteiger charge is 2.06. The van der Waals surface area contributed by atoms with E-state index in [0.717, 1.165) is 0 Å². The van der Waals surface area contributed by atoms with Gasteiger partial charge < -0.3 is 0 Å². The molecule has 1 aromatic heterocycles. The second kappa shape index (κ2) is 6.65. The average Bonchev–Trinajstić information content (AvgIpc) is 2.60. The zero-order valence-electron chi connectivity index (χ0n) is 10.6. The Kier molecular flexibility index (Phi) is 4.65. The van der Waals surface area contributed by atoms with Crippen molar-refractivity contribution < 1.29 is 8.78 Å². The minimum Gasteiger partial charge on any atom is -0.265 e. The highest BCUT2D eigenvalue weighted by Crippen LogP contribution is 2.14. The fourth-order valence-electron chi connectivity index (χ4n) is 1.86. The van der Waals surface area contributed by atoms with Gasteiger partial charge in [-0.3, -0.25) is 9.78 Å². The molecule has 0 N–H and O–H groups in total. The number of aromatic nitrogens is 2. The number of allylic oxidation sites excluding steroid dienone is 2. The topological polar surface area (TPSA) is 42.9 Å². The summed E-state index contributed by atoms with van der Waals surface area (Å²) < 4.78 is 24.3. The second-order valence-corrected chi connectivity index (χ2v) is 4.07. The lowest BCUT2D eigenvalue weighted by Gasteiger charge is -1.97. The van der Waals surface area contributed by atoms with Crippen LogP contribution in [0.2, 0.25) is 0 Å². The largest absolute Gasteiger partial charge is 0.292 e. The quantitative estimate of drug-likeness (QED) is 0.860. The molecule has 0 unspecified atom stereocenters. The van der Waals surface area contributed by atoms with Crippen molar-refractivity contribution in [2.45, 2.75) is 12.8 Å². The van der Waals surface area contributed by atoms with E-state index in [1.807, 2.05) is 0 Å². The molecular weight excluding hydrogens is 262 g/mol. The Morgan fingerprint density at radius 1 is 0.950 bits per heavy atom. The van der Waals surface area contributed by atoms with Crippen LogP contribution in [0.15, 0.2) is 53.9 Å². The van der Waals surface area contributed by atoms with Crippen LogP contribution in [0, 0.1) is 0 Å². The molecule has 0 aliphatic carbocycles. The second-order valence-electron chi connectivity index (χ2n) is 4.07. The van der Waals surface area contributed by atoms with Gasteiger partial charge in [-0.2, -0.15) is 0 Å². The summed E-state index contributed by atoms with van der Waals surface area (Å²) in [6.45, 7) is 0. The number of hydrogen-bond donors (Lipinski definition) is 0. The summed E-state index contributed by atoms with van der Waals surface area (Å²) in [7, 11) is 0. The van der Waals surface area contributed by atoms with Crippen molar-refractivity contribution in [1.82, 2.24) is 9.97 Å². The van der Waals surface area contributed by atoms with Crippen LogP contribution in [0.25, 0.3) is 10.9 Å². The third-order valence-electron chi connectivity index (χ3n) is 2.75. The highest BCUT2D eigenvalue weighted by atomic mass is 19.1. The molecule has 3 nitrogen and oxygen atoms in total. The van der Waals surface area contributed by atoms with Gasteiger partial charge in [0.2, 0.25) is 0 Å². The van der Waals surface area contributed by atoms with Gasteiger partial charge in [0.1, 0.15) is 5.69 Å². The minimum atomic E-state index is -0.505. The number of benzene rings is 1. The lowest BCUT2D eigenvalue weighted by molar-refractivity contribution is 0.715. The zero-order valence-corrected chi connectivity index (χ0v) is 10.6. The molecule has 0 aliphatic heterocycles. The van der Waals surface area contributed by atoms with Crippen molar-refractivity contribution in [3.63, 3.8) is 0 Å². The van der Waals surface area contributed by atoms with Crippen molar-refractivity contribution >= 4 is 10.9 Å². The third-order valence-corrected chi connectivity index (χ3v) is 2.75. The zero-order chi connectivity index (χ0) is 14.4. The van der Waals surface area contributed by atoms with E-state index < -0.39 is 5.56 Å². The van der Waals surface area contributed by atoms with Gasteiger partial charge in [0.15, 0.2) is 0 Å². The summed E-state index contributed by atoms with van der Waals surface area (Å²) in [5.74, 6) is 0. The maximum Gasteiger partial charge on any atom is 0.292 e. The van der Waals surface area contributed by atoms with Gasteiger partial charge in [-0.05, 0) is 12.1 Å². The molecule has 0 fully saturated rings. The predicted molar refractivity (Wildman–Crippen MR) is 73.7 cm³/mol. The molecule has 0 spiro atoms. The first-order valence-electron chi connectivity index (χ1n) is 6.05. The first-order valence-corrected chi connectivity index (χ1v) is 6.05. The smallest absolute Gasteiger partial charge is 0.265 e. The molecule has 0 saturated heterocycles. The molecule has 0 aliphatic rings. The maximum absolute atomic E-state index is 12.2. The molecule has 0 saturated carbocycles. The number of halogens is 2. The summed E-state index contributed by atoms with van der Waals surface area (Å²) in [5.41, 5.74) is 0.654. The Balaban J connectivity index is 2.71. The van der Waals surface area contributed by atoms with Gasteiger partial charge in [-0.1, -0.05) is 24.3 Å². The van der Waals surface area contributed by atoms with E-state index >= 15 is 0 Å². The van der Waals surface area contributed by atoms with E-state index in [9.17, 15) is 13.6 Å². The summed E-state index contributed by atoms with van der Waals surface area (Å²) in [5, 5.41) is 0.679. The molecule has 102 valence electrons. The highest BCUT2D eigenvalue weighted by molar-refractivity contribution is 5.80. The van der Waals surface area contributed by atoms with Gasteiger partial charge in [-0.15, -0.1) is 0 Å². The summed E-state index contributed by atoms with van der Waals surface area (Å²) >= 11 is 0. The van der Waals surface area contributed by atoms with Crippen LogP contribution in [-0.4, -0.2) is 9.97 Å². The van der Waals surface area contributed by atoms with Gasteiger partial charge in [0, 0.05) is 18.2 Å². The average molecular weight is 274 g/mol. The number of nitrogens with zero attached hydrogens (tertiary/aromatic N) is 2. The summed E-state index contributed by atoms with van der Waals surface area (Å²) in [4.78, 5) is 20.1. The molecule has 5 heteroatoms. The van der Waals surface area contributed by atoms with Crippen LogP contribution in [0.5, 0.6) is 0 Å². The summed E-state index contributed by atoms with van der Waals surface area (Å²) in [6, 6.07) is 7.01. The van der Waals surface area contributed by atoms with Crippen LogP contribution in [0.1, 0.15) is 11.4 Å². The number of rotatable bonds is 4. The van der Waals surface area contributed by atoms with Gasteiger partial charge in [0.05, 0.1) is 23.9 Å². The van der Waals surface area contributed by atoms with E-state index in [4.69, 9.17) is 0 Å². The Morgan fingerprint density at radius 2 is 1.60 bits per heavy atom. The molecule has 0 bridgehead atoms. The van der Waals surface area contributed by atoms with Gasteiger partial charge >= 0.3 is 0 Å². The molecule has 1 aromatic carbocycles. The monoisotopic (exact) mass is 274 g/mol. The lowest BCUT2D eigenvalue weighted by atomic mass is 10.1. The van der Waals surface area contributed by atoms with Crippen molar-refractivity contribution in [2.75, 3.05) is 0 Å². The van der Waals surface area contributed by atoms with Crippen LogP contribution < -0.4 is 5.56 Å². The fourth-order valence-corrected chi connectivity index (χ4v) is 1.86. The first kappa shape index (κ1) is 14.0. The van der Waals surface area contributed by atoms with E-state index in [2.05, 4.69) is 9.97 Å². The molecule has 2 aromatic rings. The Morgan fingerprint density at radius 3 is 2.30 bits per heavy atom. The van der Waals surface area contributed by atoms with Crippen molar-refractivity contribution in [2.24, 2.45) is 0 Å². The standard InChI is InChI=1S/C15H12F2N2O/c16-9-3-7-12-11-5-1-2-6-13(11)19-15(20)14(18-12)8-4-10-17/h1-6,9-10H,7-8H2. The molecular formula is C15H12F2N2O. The Labute approximate surface area is 114 Å². The van der Waals surface area contributed by atoms with Crippen molar-refractivity contribution in [3.05, 3.63) is 70.8 Å². The van der Waals surface area contributed by atoms with Gasteiger partial charge in [-0.25, -0.2) is 13.8 Å². The van der Waals surface area contributed by atoms with Crippen LogP contribution in [0.3, 0.4) is 0 Å². The molecule has 0 radical (unpaired) electrons. The van der Waals surface area contributed by atoms with Gasteiger partial charge in [0.25, 0.3) is 5.56 Å². The Bertz CT molecular complexity index is 727. The number of hydrogen-bond acceptors (Lipinski definition) is 3. The van der Waals surface area contributed by atoms with Crippen molar-refractivity contribution in [1.29, 1.82) is 0 Å². The first-order chi connectivity index (χ1) is 9.76. The number of fused-ring (bicyclic) bond motifs is 1. The third kappa shape index (κ3) is 3.12. The van der Waals surface area contributed by atoms with E-state index in [-0.39, 0.29) is 18.5 Å². The Hall–Kier alpha value is -2.43. The number of para-hydroxylation sites is 1. The maximum atomic E-state index is 12.2. The van der Waals surface area contributed by atoms with E-state index in [1.54, 1.807) is 24.3 Å². The lowest BCUT2D eigenvalue weighted by Crippen LogP contribution is -2.10.